The zero-order chi connectivity index (χ0) is 19.1. The molecule has 1 heterocycles. The van der Waals surface area contributed by atoms with Crippen molar-refractivity contribution in [1.82, 2.24) is 10.3 Å². The van der Waals surface area contributed by atoms with Gasteiger partial charge in [-0.25, -0.2) is 0 Å². The van der Waals surface area contributed by atoms with Crippen LogP contribution in [0.5, 0.6) is 11.5 Å². The van der Waals surface area contributed by atoms with E-state index in [9.17, 15) is 0 Å². The lowest BCUT2D eigenvalue weighted by molar-refractivity contribution is 0.282. The van der Waals surface area contributed by atoms with Gasteiger partial charge in [0.2, 0.25) is 0 Å². The first-order valence-corrected chi connectivity index (χ1v) is 9.66. The minimum Gasteiger partial charge on any atom is -0.493 e. The lowest BCUT2D eigenvalue weighted by Crippen LogP contribution is -2.13. The number of rotatable bonds is 8. The molecule has 4 nitrogen and oxygen atoms in total. The van der Waals surface area contributed by atoms with Gasteiger partial charge in [-0.1, -0.05) is 35.9 Å². The number of hydrogen-bond donors (Lipinski definition) is 1. The summed E-state index contributed by atoms with van der Waals surface area (Å²) in [6.07, 6.45) is 3.63. The maximum absolute atomic E-state index is 6.20. The average Bonchev–Trinajstić information content (AvgIpc) is 2.69. The predicted octanol–water partition coefficient (Wildman–Crippen LogP) is 5.80. The maximum Gasteiger partial charge on any atom is 0.175 e. The molecule has 28 heavy (non-hydrogen) atoms. The van der Waals surface area contributed by atoms with E-state index < -0.39 is 0 Å². The third kappa shape index (κ3) is 6.11. The fraction of sp³-hybridized carbons (Fsp3) is 0.190. The van der Waals surface area contributed by atoms with Gasteiger partial charge in [-0.05, 0) is 51.3 Å². The lowest BCUT2D eigenvalue weighted by atomic mass is 10.2. The molecule has 0 bridgehead atoms. The van der Waals surface area contributed by atoms with Crippen LogP contribution in [0, 0.1) is 0 Å². The molecular formula is C21H21BrCl2N2O2. The predicted molar refractivity (Wildman–Crippen MR) is 119 cm³/mol. The molecule has 1 aromatic heterocycles. The highest BCUT2D eigenvalue weighted by molar-refractivity contribution is 9.10. The molecule has 0 spiro atoms. The third-order valence-corrected chi connectivity index (χ3v) is 4.96. The molecule has 0 aliphatic heterocycles. The molecular weight excluding hydrogens is 463 g/mol. The summed E-state index contributed by atoms with van der Waals surface area (Å²) in [6, 6.07) is 15.6. The van der Waals surface area contributed by atoms with E-state index in [-0.39, 0.29) is 12.4 Å². The Balaban J connectivity index is 0.00000280. The monoisotopic (exact) mass is 482 g/mol. The van der Waals surface area contributed by atoms with Crippen molar-refractivity contribution in [2.75, 3.05) is 7.11 Å². The zero-order valence-electron chi connectivity index (χ0n) is 15.3. The van der Waals surface area contributed by atoms with Crippen LogP contribution >= 0.6 is 39.9 Å². The van der Waals surface area contributed by atoms with Crippen molar-refractivity contribution in [3.05, 3.63) is 87.1 Å². The molecule has 3 aromatic rings. The van der Waals surface area contributed by atoms with E-state index in [1.54, 1.807) is 13.3 Å². The van der Waals surface area contributed by atoms with Gasteiger partial charge < -0.3 is 14.8 Å². The second kappa shape index (κ2) is 11.3. The Bertz CT molecular complexity index is 895. The number of methoxy groups -OCH3 is 1. The van der Waals surface area contributed by atoms with Crippen molar-refractivity contribution in [3.8, 4) is 11.5 Å². The first-order valence-electron chi connectivity index (χ1n) is 8.49. The molecule has 0 aliphatic rings. The van der Waals surface area contributed by atoms with Gasteiger partial charge in [0.1, 0.15) is 6.61 Å². The summed E-state index contributed by atoms with van der Waals surface area (Å²) < 4.78 is 12.3. The molecule has 1 N–H and O–H groups in total. The van der Waals surface area contributed by atoms with Gasteiger partial charge in [-0.15, -0.1) is 12.4 Å². The Hall–Kier alpha value is -1.79. The highest BCUT2D eigenvalue weighted by Crippen LogP contribution is 2.37. The van der Waals surface area contributed by atoms with Crippen molar-refractivity contribution >= 4 is 39.9 Å². The van der Waals surface area contributed by atoms with Gasteiger partial charge in [-0.3, -0.25) is 4.98 Å². The Morgan fingerprint density at radius 3 is 2.57 bits per heavy atom. The van der Waals surface area contributed by atoms with Gasteiger partial charge >= 0.3 is 0 Å². The number of aromatic nitrogens is 1. The summed E-state index contributed by atoms with van der Waals surface area (Å²) in [5.41, 5.74) is 3.16. The van der Waals surface area contributed by atoms with Crippen LogP contribution < -0.4 is 14.8 Å². The minimum absolute atomic E-state index is 0. The number of ether oxygens (including phenoxy) is 2. The van der Waals surface area contributed by atoms with Gasteiger partial charge in [0.15, 0.2) is 11.5 Å². The molecule has 7 heteroatoms. The second-order valence-corrected chi connectivity index (χ2v) is 7.22. The number of nitrogens with one attached hydrogen (secondary N) is 1. The Kier molecular flexibility index (Phi) is 9.06. The van der Waals surface area contributed by atoms with Crippen molar-refractivity contribution in [3.63, 3.8) is 0 Å². The summed E-state index contributed by atoms with van der Waals surface area (Å²) >= 11 is 9.79. The molecule has 0 fully saturated rings. The maximum atomic E-state index is 6.20. The molecule has 0 radical (unpaired) electrons. The number of benzene rings is 2. The quantitative estimate of drug-likeness (QED) is 0.439. The summed E-state index contributed by atoms with van der Waals surface area (Å²) in [4.78, 5) is 4.12. The molecule has 3 rings (SSSR count). The van der Waals surface area contributed by atoms with E-state index >= 15 is 0 Å². The molecule has 0 unspecified atom stereocenters. The average molecular weight is 484 g/mol. The summed E-state index contributed by atoms with van der Waals surface area (Å²) in [5, 5.41) is 4.09. The van der Waals surface area contributed by atoms with Gasteiger partial charge in [0.25, 0.3) is 0 Å². The van der Waals surface area contributed by atoms with E-state index in [2.05, 4.69) is 26.2 Å². The molecule has 0 saturated heterocycles. The van der Waals surface area contributed by atoms with E-state index in [0.29, 0.717) is 29.7 Å². The largest absolute Gasteiger partial charge is 0.493 e. The molecule has 148 valence electrons. The van der Waals surface area contributed by atoms with Crippen LogP contribution in [0.1, 0.15) is 16.7 Å². The van der Waals surface area contributed by atoms with E-state index in [1.807, 2.05) is 54.7 Å². The van der Waals surface area contributed by atoms with E-state index in [0.717, 1.165) is 27.7 Å². The molecule has 2 aromatic carbocycles. The van der Waals surface area contributed by atoms with Crippen LogP contribution in [0.25, 0.3) is 0 Å². The summed E-state index contributed by atoms with van der Waals surface area (Å²) in [6.45, 7) is 1.82. The number of pyridine rings is 1. The van der Waals surface area contributed by atoms with Crippen LogP contribution in [-0.4, -0.2) is 12.1 Å². The fourth-order valence-corrected chi connectivity index (χ4v) is 3.43. The van der Waals surface area contributed by atoms with Crippen molar-refractivity contribution in [2.24, 2.45) is 0 Å². The zero-order valence-corrected chi connectivity index (χ0v) is 18.5. The topological polar surface area (TPSA) is 43.4 Å². The first kappa shape index (κ1) is 22.5. The molecule has 0 aliphatic carbocycles. The van der Waals surface area contributed by atoms with E-state index in [1.165, 1.54) is 0 Å². The second-order valence-electron chi connectivity index (χ2n) is 5.95. The van der Waals surface area contributed by atoms with Gasteiger partial charge in [-0.2, -0.15) is 0 Å². The van der Waals surface area contributed by atoms with Gasteiger partial charge in [0, 0.05) is 36.1 Å². The van der Waals surface area contributed by atoms with Crippen LogP contribution in [0.4, 0.5) is 0 Å². The van der Waals surface area contributed by atoms with Crippen molar-refractivity contribution < 1.29 is 9.47 Å². The van der Waals surface area contributed by atoms with Gasteiger partial charge in [0.05, 0.1) is 11.6 Å². The lowest BCUT2D eigenvalue weighted by Gasteiger charge is -2.15. The highest BCUT2D eigenvalue weighted by atomic mass is 79.9. The van der Waals surface area contributed by atoms with Crippen LogP contribution in [0.2, 0.25) is 5.02 Å². The van der Waals surface area contributed by atoms with E-state index in [4.69, 9.17) is 21.1 Å². The standard InChI is InChI=1S/C21H20BrClN2O2.ClH/c1-26-20-10-16(13-25-12-15-5-4-8-24-11-15)9-18(22)21(20)27-14-17-6-2-3-7-19(17)23;/h2-11,25H,12-14H2,1H3;1H. The smallest absolute Gasteiger partial charge is 0.175 e. The number of hydrogen-bond acceptors (Lipinski definition) is 4. The highest BCUT2D eigenvalue weighted by Gasteiger charge is 2.13. The van der Waals surface area contributed by atoms with Crippen molar-refractivity contribution in [2.45, 2.75) is 19.7 Å². The van der Waals surface area contributed by atoms with Crippen molar-refractivity contribution in [1.29, 1.82) is 0 Å². The number of halogens is 3. The Morgan fingerprint density at radius 2 is 1.86 bits per heavy atom. The Labute approximate surface area is 184 Å². The number of nitrogens with zero attached hydrogens (tertiary/aromatic N) is 1. The first-order chi connectivity index (χ1) is 13.2. The van der Waals surface area contributed by atoms with Crippen LogP contribution in [0.3, 0.4) is 0 Å². The Morgan fingerprint density at radius 1 is 1.07 bits per heavy atom. The summed E-state index contributed by atoms with van der Waals surface area (Å²) in [7, 11) is 1.64. The third-order valence-electron chi connectivity index (χ3n) is 4.00. The SMILES string of the molecule is COc1cc(CNCc2cccnc2)cc(Br)c1OCc1ccccc1Cl.Cl. The molecule has 0 saturated carbocycles. The van der Waals surface area contributed by atoms with Crippen LogP contribution in [0.15, 0.2) is 65.4 Å². The normalized spacial score (nSPS) is 10.2. The molecule has 0 atom stereocenters. The fourth-order valence-electron chi connectivity index (χ4n) is 2.63. The van der Waals surface area contributed by atoms with Crippen LogP contribution in [-0.2, 0) is 19.7 Å². The molecule has 0 amide bonds. The minimum atomic E-state index is 0. The summed E-state index contributed by atoms with van der Waals surface area (Å²) in [5.74, 6) is 1.34.